The molecular weight excluding hydrogens is 232 g/mol. The second-order valence-electron chi connectivity index (χ2n) is 4.56. The predicted molar refractivity (Wildman–Crippen MR) is 66.4 cm³/mol. The first-order valence-corrected chi connectivity index (χ1v) is 5.86. The molecule has 0 saturated heterocycles. The van der Waals surface area contributed by atoms with Gasteiger partial charge in [0.15, 0.2) is 0 Å². The zero-order chi connectivity index (χ0) is 13.1. The fourth-order valence-corrected chi connectivity index (χ4v) is 1.97. The maximum absolute atomic E-state index is 11.7. The highest BCUT2D eigenvalue weighted by Gasteiger charge is 2.39. The van der Waals surface area contributed by atoms with Crippen LogP contribution in [-0.4, -0.2) is 41.6 Å². The zero-order valence-corrected chi connectivity index (χ0v) is 10.2. The first-order chi connectivity index (χ1) is 8.58. The molecule has 0 aliphatic heterocycles. The Balaban J connectivity index is 1.83. The lowest BCUT2D eigenvalue weighted by molar-refractivity contribution is -0.137. The van der Waals surface area contributed by atoms with Crippen molar-refractivity contribution in [2.24, 2.45) is 0 Å². The molecule has 1 saturated carbocycles. The Bertz CT molecular complexity index is 447. The van der Waals surface area contributed by atoms with E-state index in [1.807, 2.05) is 30.3 Å². The maximum atomic E-state index is 11.7. The summed E-state index contributed by atoms with van der Waals surface area (Å²) in [6.07, 6.45) is 0.913. The molecule has 0 unspecified atom stereocenters. The third-order valence-electron chi connectivity index (χ3n) is 3.05. The number of carboxylic acids is 1. The SMILES string of the molecule is CN(CC(=O)O)C(=O)N[C@@H]1C[C@@H]1c1ccccc1. The van der Waals surface area contributed by atoms with Crippen molar-refractivity contribution in [2.45, 2.75) is 18.4 Å². The van der Waals surface area contributed by atoms with Crippen LogP contribution in [0.15, 0.2) is 30.3 Å². The Morgan fingerprint density at radius 3 is 2.67 bits per heavy atom. The van der Waals surface area contributed by atoms with Crippen LogP contribution < -0.4 is 5.32 Å². The number of amides is 2. The van der Waals surface area contributed by atoms with Gasteiger partial charge in [0.05, 0.1) is 0 Å². The van der Waals surface area contributed by atoms with E-state index in [4.69, 9.17) is 5.11 Å². The normalized spacial score (nSPS) is 21.2. The van der Waals surface area contributed by atoms with Gasteiger partial charge in [-0.2, -0.15) is 0 Å². The van der Waals surface area contributed by atoms with Crippen LogP contribution >= 0.6 is 0 Å². The Morgan fingerprint density at radius 1 is 1.39 bits per heavy atom. The van der Waals surface area contributed by atoms with E-state index in [2.05, 4.69) is 5.32 Å². The van der Waals surface area contributed by atoms with Crippen molar-refractivity contribution in [2.75, 3.05) is 13.6 Å². The lowest BCUT2D eigenvalue weighted by Gasteiger charge is -2.15. The highest BCUT2D eigenvalue weighted by atomic mass is 16.4. The van der Waals surface area contributed by atoms with Gasteiger partial charge >= 0.3 is 12.0 Å². The van der Waals surface area contributed by atoms with E-state index in [0.717, 1.165) is 6.42 Å². The Hall–Kier alpha value is -2.04. The van der Waals surface area contributed by atoms with Crippen LogP contribution in [-0.2, 0) is 4.79 Å². The van der Waals surface area contributed by atoms with Crippen molar-refractivity contribution < 1.29 is 14.7 Å². The van der Waals surface area contributed by atoms with Gasteiger partial charge in [0.1, 0.15) is 6.54 Å². The van der Waals surface area contributed by atoms with Crippen molar-refractivity contribution in [1.82, 2.24) is 10.2 Å². The average molecular weight is 248 g/mol. The molecule has 2 rings (SSSR count). The van der Waals surface area contributed by atoms with Crippen LogP contribution in [0.4, 0.5) is 4.79 Å². The average Bonchev–Trinajstić information content (AvgIpc) is 3.08. The quantitative estimate of drug-likeness (QED) is 0.843. The minimum atomic E-state index is -1.01. The van der Waals surface area contributed by atoms with Gasteiger partial charge in [-0.05, 0) is 12.0 Å². The molecule has 2 amide bonds. The zero-order valence-electron chi connectivity index (χ0n) is 10.2. The van der Waals surface area contributed by atoms with Crippen LogP contribution in [0, 0.1) is 0 Å². The van der Waals surface area contributed by atoms with E-state index in [1.54, 1.807) is 0 Å². The molecule has 1 fully saturated rings. The lowest BCUT2D eigenvalue weighted by atomic mass is 10.1. The number of hydrogen-bond acceptors (Lipinski definition) is 2. The summed E-state index contributed by atoms with van der Waals surface area (Å²) in [6, 6.07) is 9.78. The summed E-state index contributed by atoms with van der Waals surface area (Å²) in [5.74, 6) is -0.656. The van der Waals surface area contributed by atoms with Crippen molar-refractivity contribution in [1.29, 1.82) is 0 Å². The molecule has 5 heteroatoms. The summed E-state index contributed by atoms with van der Waals surface area (Å²) in [5.41, 5.74) is 1.21. The molecule has 2 N–H and O–H groups in total. The minimum Gasteiger partial charge on any atom is -0.480 e. The molecule has 0 bridgehead atoms. The smallest absolute Gasteiger partial charge is 0.323 e. The molecule has 96 valence electrons. The molecule has 5 nitrogen and oxygen atoms in total. The summed E-state index contributed by atoms with van der Waals surface area (Å²) < 4.78 is 0. The van der Waals surface area contributed by atoms with E-state index < -0.39 is 5.97 Å². The summed E-state index contributed by atoms with van der Waals surface area (Å²) in [5, 5.41) is 11.4. The highest BCUT2D eigenvalue weighted by Crippen LogP contribution is 2.40. The van der Waals surface area contributed by atoms with Crippen LogP contribution in [0.25, 0.3) is 0 Å². The Morgan fingerprint density at radius 2 is 2.06 bits per heavy atom. The number of carbonyl (C=O) groups excluding carboxylic acids is 1. The number of likely N-dealkylation sites (N-methyl/N-ethyl adjacent to an activating group) is 1. The maximum Gasteiger partial charge on any atom is 0.323 e. The van der Waals surface area contributed by atoms with Crippen LogP contribution in [0.3, 0.4) is 0 Å². The fourth-order valence-electron chi connectivity index (χ4n) is 1.97. The number of nitrogens with one attached hydrogen (secondary N) is 1. The number of urea groups is 1. The third-order valence-corrected chi connectivity index (χ3v) is 3.05. The largest absolute Gasteiger partial charge is 0.480 e. The molecule has 18 heavy (non-hydrogen) atoms. The van der Waals surface area contributed by atoms with Gasteiger partial charge in [-0.1, -0.05) is 30.3 Å². The van der Waals surface area contributed by atoms with Crippen molar-refractivity contribution in [3.63, 3.8) is 0 Å². The standard InChI is InChI=1S/C13H16N2O3/c1-15(8-12(16)17)13(18)14-11-7-10(11)9-5-3-2-4-6-9/h2-6,10-11H,7-8H2,1H3,(H,14,18)(H,16,17)/t10-,11-/m1/s1. The number of hydrogen-bond donors (Lipinski definition) is 2. The Labute approximate surface area is 105 Å². The molecule has 1 aromatic rings. The predicted octanol–water partition coefficient (Wildman–Crippen LogP) is 1.27. The van der Waals surface area contributed by atoms with Gasteiger partial charge < -0.3 is 15.3 Å². The molecule has 0 radical (unpaired) electrons. The number of benzene rings is 1. The number of nitrogens with zero attached hydrogens (tertiary/aromatic N) is 1. The first kappa shape index (κ1) is 12.4. The van der Waals surface area contributed by atoms with Gasteiger partial charge in [-0.25, -0.2) is 4.79 Å². The second-order valence-corrected chi connectivity index (χ2v) is 4.56. The van der Waals surface area contributed by atoms with Gasteiger partial charge in [0.2, 0.25) is 0 Å². The Kier molecular flexibility index (Phi) is 3.50. The molecule has 0 aromatic heterocycles. The minimum absolute atomic E-state index is 0.121. The molecule has 1 aliphatic carbocycles. The van der Waals surface area contributed by atoms with Crippen molar-refractivity contribution in [3.05, 3.63) is 35.9 Å². The second kappa shape index (κ2) is 5.08. The highest BCUT2D eigenvalue weighted by molar-refractivity contribution is 5.80. The van der Waals surface area contributed by atoms with Gasteiger partial charge in [0.25, 0.3) is 0 Å². The topological polar surface area (TPSA) is 69.6 Å². The number of aliphatic carboxylic acids is 1. The van der Waals surface area contributed by atoms with Crippen molar-refractivity contribution >= 4 is 12.0 Å². The van der Waals surface area contributed by atoms with E-state index in [1.165, 1.54) is 17.5 Å². The van der Waals surface area contributed by atoms with Crippen LogP contribution in [0.1, 0.15) is 17.9 Å². The summed E-state index contributed by atoms with van der Waals surface area (Å²) in [7, 11) is 1.48. The lowest BCUT2D eigenvalue weighted by Crippen LogP contribution is -2.41. The van der Waals surface area contributed by atoms with Gasteiger partial charge in [-0.3, -0.25) is 4.79 Å². The van der Waals surface area contributed by atoms with E-state index >= 15 is 0 Å². The van der Waals surface area contributed by atoms with Crippen LogP contribution in [0.5, 0.6) is 0 Å². The molecule has 1 aromatic carbocycles. The summed E-state index contributed by atoms with van der Waals surface area (Å²) >= 11 is 0. The third kappa shape index (κ3) is 3.00. The number of carbonyl (C=O) groups is 2. The van der Waals surface area contributed by atoms with Gasteiger partial charge in [0, 0.05) is 19.0 Å². The van der Waals surface area contributed by atoms with Crippen molar-refractivity contribution in [3.8, 4) is 0 Å². The summed E-state index contributed by atoms with van der Waals surface area (Å²) in [6.45, 7) is -0.283. The number of carboxylic acid groups (broad SMARTS) is 1. The molecule has 0 spiro atoms. The summed E-state index contributed by atoms with van der Waals surface area (Å²) in [4.78, 5) is 23.3. The molecule has 2 atom stereocenters. The fraction of sp³-hybridized carbons (Fsp3) is 0.385. The molecule has 0 heterocycles. The van der Waals surface area contributed by atoms with E-state index in [9.17, 15) is 9.59 Å². The van der Waals surface area contributed by atoms with Crippen LogP contribution in [0.2, 0.25) is 0 Å². The molecular formula is C13H16N2O3. The van der Waals surface area contributed by atoms with Gasteiger partial charge in [-0.15, -0.1) is 0 Å². The monoisotopic (exact) mass is 248 g/mol. The first-order valence-electron chi connectivity index (χ1n) is 5.86. The molecule has 1 aliphatic rings. The van der Waals surface area contributed by atoms with E-state index in [0.29, 0.717) is 5.92 Å². The van der Waals surface area contributed by atoms with E-state index in [-0.39, 0.29) is 18.6 Å². The number of rotatable bonds is 4.